The van der Waals surface area contributed by atoms with E-state index in [0.29, 0.717) is 30.1 Å². The van der Waals surface area contributed by atoms with Crippen LogP contribution in [0.25, 0.3) is 22.2 Å². The number of hydrogen-bond acceptors (Lipinski definition) is 5. The molecule has 7 rings (SSSR count). The average Bonchev–Trinajstić information content (AvgIpc) is 3.67. The average molecular weight is 522 g/mol. The van der Waals surface area contributed by atoms with Gasteiger partial charge in [-0.25, -0.2) is 0 Å². The SMILES string of the molecule is NC(=O)c1ccc2c(c1)c(-c1ccc(N3C4CCC3CC(O)C4)cc1)nn2Cc1ncccc1C1CCCC1. The number of pyridine rings is 1. The number of nitrogens with zero attached hydrogens (tertiary/aromatic N) is 4. The molecule has 3 fully saturated rings. The summed E-state index contributed by atoms with van der Waals surface area (Å²) in [5, 5.41) is 16.2. The third-order valence-electron chi connectivity index (χ3n) is 9.20. The number of carbonyl (C=O) groups excluding carboxylic acids is 1. The number of benzene rings is 2. The number of amides is 1. The second-order valence-electron chi connectivity index (χ2n) is 11.6. The van der Waals surface area contributed by atoms with Crippen molar-refractivity contribution in [2.24, 2.45) is 5.73 Å². The zero-order chi connectivity index (χ0) is 26.5. The first-order valence-electron chi connectivity index (χ1n) is 14.4. The molecular formula is C32H35N5O2. The maximum Gasteiger partial charge on any atom is 0.248 e. The van der Waals surface area contributed by atoms with Crippen LogP contribution in [-0.2, 0) is 6.54 Å². The standard InChI is InChI=1S/C32H35N5O2/c33-32(39)22-9-14-30-28(16-22)31(35-36(30)19-29-27(6-3-15-34-29)20-4-1-2-5-20)21-7-10-23(11-8-21)37-24-12-13-25(37)18-26(38)17-24/h3,6-11,14-16,20,24-26,38H,1-2,4-5,12-13,17-19H2,(H2,33,39). The highest BCUT2D eigenvalue weighted by Crippen LogP contribution is 2.40. The van der Waals surface area contributed by atoms with Gasteiger partial charge in [0, 0.05) is 40.5 Å². The van der Waals surface area contributed by atoms with E-state index < -0.39 is 5.91 Å². The summed E-state index contributed by atoms with van der Waals surface area (Å²) in [6.07, 6.45) is 10.7. The summed E-state index contributed by atoms with van der Waals surface area (Å²) in [6, 6.07) is 19.3. The molecule has 39 heavy (non-hydrogen) atoms. The molecule has 3 N–H and O–H groups in total. The number of primary amides is 1. The topological polar surface area (TPSA) is 97.3 Å². The van der Waals surface area contributed by atoms with Crippen LogP contribution in [0.15, 0.2) is 60.8 Å². The van der Waals surface area contributed by atoms with Crippen LogP contribution in [0.1, 0.15) is 78.9 Å². The second-order valence-corrected chi connectivity index (χ2v) is 11.6. The van der Waals surface area contributed by atoms with Gasteiger partial charge in [0.15, 0.2) is 0 Å². The van der Waals surface area contributed by atoms with Crippen LogP contribution in [-0.4, -0.2) is 44.0 Å². The molecule has 2 bridgehead atoms. The van der Waals surface area contributed by atoms with Crippen molar-refractivity contribution in [3.63, 3.8) is 0 Å². The van der Waals surface area contributed by atoms with Gasteiger partial charge in [-0.1, -0.05) is 31.0 Å². The molecular weight excluding hydrogens is 486 g/mol. The Morgan fingerprint density at radius 2 is 1.72 bits per heavy atom. The Labute approximate surface area is 228 Å². The van der Waals surface area contributed by atoms with Crippen LogP contribution in [0.4, 0.5) is 5.69 Å². The minimum absolute atomic E-state index is 0.180. The number of hydrogen-bond donors (Lipinski definition) is 2. The van der Waals surface area contributed by atoms with Crippen LogP contribution in [0, 0.1) is 0 Å². The molecule has 2 aromatic carbocycles. The molecule has 0 spiro atoms. The number of aliphatic hydroxyl groups is 1. The molecule has 7 nitrogen and oxygen atoms in total. The van der Waals surface area contributed by atoms with Crippen molar-refractivity contribution in [3.05, 3.63) is 77.6 Å². The molecule has 4 heterocycles. The van der Waals surface area contributed by atoms with E-state index in [1.807, 2.05) is 29.1 Å². The number of piperidine rings is 1. The lowest BCUT2D eigenvalue weighted by atomic mass is 9.96. The van der Waals surface area contributed by atoms with Crippen molar-refractivity contribution in [3.8, 4) is 11.3 Å². The Hall–Kier alpha value is -3.71. The minimum Gasteiger partial charge on any atom is -0.393 e. The largest absolute Gasteiger partial charge is 0.393 e. The van der Waals surface area contributed by atoms with Gasteiger partial charge < -0.3 is 15.7 Å². The number of nitrogens with two attached hydrogens (primary N) is 1. The van der Waals surface area contributed by atoms with Gasteiger partial charge >= 0.3 is 0 Å². The zero-order valence-electron chi connectivity index (χ0n) is 22.2. The smallest absolute Gasteiger partial charge is 0.248 e. The summed E-state index contributed by atoms with van der Waals surface area (Å²) >= 11 is 0. The Morgan fingerprint density at radius 1 is 0.974 bits per heavy atom. The van der Waals surface area contributed by atoms with Gasteiger partial charge in [0.1, 0.15) is 5.69 Å². The molecule has 1 aliphatic carbocycles. The highest BCUT2D eigenvalue weighted by Gasteiger charge is 2.40. The Bertz CT molecular complexity index is 1510. The van der Waals surface area contributed by atoms with Crippen molar-refractivity contribution >= 4 is 22.5 Å². The lowest BCUT2D eigenvalue weighted by Crippen LogP contribution is -2.44. The van der Waals surface area contributed by atoms with E-state index in [1.165, 1.54) is 36.9 Å². The number of anilines is 1. The molecule has 2 atom stereocenters. The van der Waals surface area contributed by atoms with E-state index in [9.17, 15) is 9.90 Å². The Morgan fingerprint density at radius 3 is 2.44 bits per heavy atom. The van der Waals surface area contributed by atoms with E-state index in [2.05, 4.69) is 35.2 Å². The van der Waals surface area contributed by atoms with Gasteiger partial charge in [0.2, 0.25) is 5.91 Å². The summed E-state index contributed by atoms with van der Waals surface area (Å²) < 4.78 is 2.02. The predicted octanol–water partition coefficient (Wildman–Crippen LogP) is 5.40. The molecule has 4 aromatic rings. The fourth-order valence-electron chi connectivity index (χ4n) is 7.36. The first-order chi connectivity index (χ1) is 19.0. The van der Waals surface area contributed by atoms with Crippen LogP contribution >= 0.6 is 0 Å². The van der Waals surface area contributed by atoms with Gasteiger partial charge in [0.25, 0.3) is 0 Å². The molecule has 2 unspecified atom stereocenters. The highest BCUT2D eigenvalue weighted by molar-refractivity contribution is 6.01. The van der Waals surface area contributed by atoms with Crippen LogP contribution in [0.2, 0.25) is 0 Å². The lowest BCUT2D eigenvalue weighted by Gasteiger charge is -2.39. The number of carbonyl (C=O) groups is 1. The lowest BCUT2D eigenvalue weighted by molar-refractivity contribution is 0.100. The molecule has 7 heteroatoms. The van der Waals surface area contributed by atoms with Crippen molar-refractivity contribution in [1.82, 2.24) is 14.8 Å². The van der Waals surface area contributed by atoms with Crippen LogP contribution in [0.3, 0.4) is 0 Å². The van der Waals surface area contributed by atoms with Crippen LogP contribution < -0.4 is 10.6 Å². The summed E-state index contributed by atoms with van der Waals surface area (Å²) in [5.74, 6) is 0.122. The van der Waals surface area contributed by atoms with Crippen molar-refractivity contribution in [2.45, 2.75) is 82.0 Å². The number of aliphatic hydroxyl groups excluding tert-OH is 1. The second kappa shape index (κ2) is 9.79. The third-order valence-corrected chi connectivity index (χ3v) is 9.20. The van der Waals surface area contributed by atoms with E-state index in [4.69, 9.17) is 15.8 Å². The van der Waals surface area contributed by atoms with Crippen molar-refractivity contribution in [2.75, 3.05) is 4.90 Å². The zero-order valence-corrected chi connectivity index (χ0v) is 22.2. The predicted molar refractivity (Wildman–Crippen MR) is 153 cm³/mol. The molecule has 0 radical (unpaired) electrons. The Kier molecular flexibility index (Phi) is 6.11. The third kappa shape index (κ3) is 4.39. The van der Waals surface area contributed by atoms with Gasteiger partial charge in [-0.3, -0.25) is 14.5 Å². The first-order valence-corrected chi connectivity index (χ1v) is 14.4. The highest BCUT2D eigenvalue weighted by atomic mass is 16.3. The normalized spacial score (nSPS) is 23.1. The molecule has 2 aromatic heterocycles. The minimum atomic E-state index is -0.443. The fraction of sp³-hybridized carbons (Fsp3) is 0.406. The summed E-state index contributed by atoms with van der Waals surface area (Å²) in [6.45, 7) is 0.580. The Balaban J connectivity index is 1.26. The maximum atomic E-state index is 12.1. The molecule has 2 aliphatic heterocycles. The van der Waals surface area contributed by atoms with Crippen molar-refractivity contribution < 1.29 is 9.90 Å². The quantitative estimate of drug-likeness (QED) is 0.354. The van der Waals surface area contributed by atoms with Crippen LogP contribution in [0.5, 0.6) is 0 Å². The number of fused-ring (bicyclic) bond motifs is 3. The molecule has 3 aliphatic rings. The van der Waals surface area contributed by atoms with E-state index >= 15 is 0 Å². The van der Waals surface area contributed by atoms with E-state index in [1.54, 1.807) is 6.07 Å². The van der Waals surface area contributed by atoms with Gasteiger partial charge in [-0.2, -0.15) is 5.10 Å². The monoisotopic (exact) mass is 521 g/mol. The summed E-state index contributed by atoms with van der Waals surface area (Å²) in [5.41, 5.74) is 12.6. The van der Waals surface area contributed by atoms with Crippen molar-refractivity contribution in [1.29, 1.82) is 0 Å². The van der Waals surface area contributed by atoms with Gasteiger partial charge in [-0.05, 0) is 86.4 Å². The number of rotatable bonds is 6. The first kappa shape index (κ1) is 24.3. The molecule has 200 valence electrons. The fourth-order valence-corrected chi connectivity index (χ4v) is 7.36. The molecule has 2 saturated heterocycles. The summed E-state index contributed by atoms with van der Waals surface area (Å²) in [4.78, 5) is 19.3. The maximum absolute atomic E-state index is 12.1. The number of aromatic nitrogens is 3. The van der Waals surface area contributed by atoms with E-state index in [0.717, 1.165) is 53.5 Å². The summed E-state index contributed by atoms with van der Waals surface area (Å²) in [7, 11) is 0. The molecule has 1 saturated carbocycles. The van der Waals surface area contributed by atoms with E-state index in [-0.39, 0.29) is 6.10 Å². The van der Waals surface area contributed by atoms with Gasteiger partial charge in [-0.15, -0.1) is 0 Å². The van der Waals surface area contributed by atoms with Gasteiger partial charge in [0.05, 0.1) is 23.9 Å². The molecule has 1 amide bonds.